The van der Waals surface area contributed by atoms with E-state index in [1.165, 1.54) is 5.56 Å². The van der Waals surface area contributed by atoms with Gasteiger partial charge in [0.25, 0.3) is 0 Å². The molecule has 0 aliphatic carbocycles. The Labute approximate surface area is 130 Å². The van der Waals surface area contributed by atoms with Crippen molar-refractivity contribution in [2.24, 2.45) is 0 Å². The average molecular weight is 341 g/mol. The zero-order chi connectivity index (χ0) is 15.0. The number of aromatic hydroxyl groups is 1. The van der Waals surface area contributed by atoms with Crippen LogP contribution in [0.5, 0.6) is 5.75 Å². The lowest BCUT2D eigenvalue weighted by Gasteiger charge is -2.46. The molecule has 112 valence electrons. The minimum atomic E-state index is 0.162. The minimum Gasteiger partial charge on any atom is -0.507 e. The maximum Gasteiger partial charge on any atom is 0.129 e. The van der Waals surface area contributed by atoms with Gasteiger partial charge in [-0.05, 0) is 74.2 Å². The summed E-state index contributed by atoms with van der Waals surface area (Å²) in [6.45, 7) is 9.88. The van der Waals surface area contributed by atoms with Crippen molar-refractivity contribution in [2.45, 2.75) is 64.2 Å². The summed E-state index contributed by atoms with van der Waals surface area (Å²) in [5.41, 5.74) is 1.51. The monoisotopic (exact) mass is 340 g/mol. The van der Waals surface area contributed by atoms with Gasteiger partial charge >= 0.3 is 0 Å². The largest absolute Gasteiger partial charge is 0.507 e. The van der Waals surface area contributed by atoms with Crippen LogP contribution in [0.2, 0.25) is 0 Å². The van der Waals surface area contributed by atoms with Crippen LogP contribution in [0.1, 0.15) is 46.1 Å². The Morgan fingerprint density at radius 2 is 1.85 bits per heavy atom. The van der Waals surface area contributed by atoms with Crippen molar-refractivity contribution in [3.8, 4) is 5.75 Å². The smallest absolute Gasteiger partial charge is 0.129 e. The molecule has 0 atom stereocenters. The van der Waals surface area contributed by atoms with E-state index >= 15 is 0 Å². The summed E-state index contributed by atoms with van der Waals surface area (Å²) in [6.07, 6.45) is 2.24. The molecule has 3 N–H and O–H groups in total. The third kappa shape index (κ3) is 4.21. The second-order valence-electron chi connectivity index (χ2n) is 7.16. The van der Waals surface area contributed by atoms with E-state index < -0.39 is 0 Å². The van der Waals surface area contributed by atoms with Crippen LogP contribution < -0.4 is 10.6 Å². The molecule has 1 saturated heterocycles. The van der Waals surface area contributed by atoms with E-state index in [2.05, 4.69) is 54.3 Å². The van der Waals surface area contributed by atoms with Gasteiger partial charge in [0.15, 0.2) is 0 Å². The van der Waals surface area contributed by atoms with Gasteiger partial charge in [-0.15, -0.1) is 0 Å². The number of halogens is 1. The Kier molecular flexibility index (Phi) is 4.47. The van der Waals surface area contributed by atoms with Gasteiger partial charge in [-0.2, -0.15) is 0 Å². The average Bonchev–Trinajstić information content (AvgIpc) is 2.27. The summed E-state index contributed by atoms with van der Waals surface area (Å²) in [5, 5.41) is 16.9. The van der Waals surface area contributed by atoms with Crippen molar-refractivity contribution < 1.29 is 5.11 Å². The van der Waals surface area contributed by atoms with E-state index in [-0.39, 0.29) is 16.8 Å². The second-order valence-corrected chi connectivity index (χ2v) is 8.02. The highest BCUT2D eigenvalue weighted by molar-refractivity contribution is 9.10. The van der Waals surface area contributed by atoms with E-state index in [4.69, 9.17) is 0 Å². The molecule has 0 saturated carbocycles. The molecule has 0 unspecified atom stereocenters. The highest BCUT2D eigenvalue weighted by Gasteiger charge is 2.37. The molecule has 0 amide bonds. The highest BCUT2D eigenvalue weighted by Crippen LogP contribution is 2.29. The molecule has 20 heavy (non-hydrogen) atoms. The molecule has 1 aromatic carbocycles. The number of hydrogen-bond acceptors (Lipinski definition) is 3. The van der Waals surface area contributed by atoms with Gasteiger partial charge in [0, 0.05) is 23.7 Å². The van der Waals surface area contributed by atoms with Gasteiger partial charge < -0.3 is 15.7 Å². The number of nitrogens with one attached hydrogen (secondary N) is 2. The first kappa shape index (κ1) is 15.8. The third-order valence-corrected chi connectivity index (χ3v) is 4.43. The maximum absolute atomic E-state index is 9.52. The molecule has 3 nitrogen and oxygen atoms in total. The van der Waals surface area contributed by atoms with Gasteiger partial charge in [-0.1, -0.05) is 6.07 Å². The molecule has 1 fully saturated rings. The first-order valence-electron chi connectivity index (χ1n) is 7.17. The lowest BCUT2D eigenvalue weighted by atomic mass is 9.79. The lowest BCUT2D eigenvalue weighted by Crippen LogP contribution is -2.61. The number of rotatable bonds is 3. The lowest BCUT2D eigenvalue weighted by molar-refractivity contribution is 0.145. The molecular formula is C16H25BrN2O. The third-order valence-electron chi connectivity index (χ3n) is 3.80. The van der Waals surface area contributed by atoms with Crippen LogP contribution in [0.3, 0.4) is 0 Å². The first-order valence-corrected chi connectivity index (χ1v) is 7.96. The Balaban J connectivity index is 1.98. The van der Waals surface area contributed by atoms with E-state index in [1.54, 1.807) is 6.07 Å². The van der Waals surface area contributed by atoms with Crippen LogP contribution in [-0.4, -0.2) is 22.2 Å². The van der Waals surface area contributed by atoms with Gasteiger partial charge in [0.05, 0.1) is 4.47 Å². The van der Waals surface area contributed by atoms with Crippen LogP contribution in [-0.2, 0) is 6.54 Å². The fourth-order valence-corrected chi connectivity index (χ4v) is 3.82. The van der Waals surface area contributed by atoms with E-state index in [9.17, 15) is 5.11 Å². The quantitative estimate of drug-likeness (QED) is 0.788. The van der Waals surface area contributed by atoms with Crippen molar-refractivity contribution in [1.82, 2.24) is 10.6 Å². The predicted octanol–water partition coefficient (Wildman–Crippen LogP) is 3.55. The first-order chi connectivity index (χ1) is 9.17. The standard InChI is InChI=1S/C16H25BrN2O/c1-15(2)8-12(9-16(3,4)19-15)18-10-11-5-6-14(20)13(17)7-11/h5-7,12,18-20H,8-10H2,1-4H3. The normalized spacial score (nSPS) is 21.9. The zero-order valence-corrected chi connectivity index (χ0v) is 14.3. The van der Waals surface area contributed by atoms with Crippen LogP contribution in [0.25, 0.3) is 0 Å². The van der Waals surface area contributed by atoms with Gasteiger partial charge in [0.1, 0.15) is 5.75 Å². The van der Waals surface area contributed by atoms with Crippen molar-refractivity contribution in [3.63, 3.8) is 0 Å². The van der Waals surface area contributed by atoms with Crippen molar-refractivity contribution in [3.05, 3.63) is 28.2 Å². The summed E-state index contributed by atoms with van der Waals surface area (Å²) in [7, 11) is 0. The van der Waals surface area contributed by atoms with Crippen LogP contribution >= 0.6 is 15.9 Å². The molecule has 2 rings (SSSR count). The molecule has 1 aromatic rings. The predicted molar refractivity (Wildman–Crippen MR) is 87.0 cm³/mol. The van der Waals surface area contributed by atoms with Crippen molar-refractivity contribution >= 4 is 15.9 Å². The number of phenols is 1. The molecular weight excluding hydrogens is 316 g/mol. The minimum absolute atomic E-state index is 0.162. The topological polar surface area (TPSA) is 44.3 Å². The molecule has 0 aromatic heterocycles. The van der Waals surface area contributed by atoms with Crippen LogP contribution in [0.4, 0.5) is 0 Å². The molecule has 1 aliphatic heterocycles. The second kappa shape index (κ2) is 5.66. The molecule has 0 spiro atoms. The summed E-state index contributed by atoms with van der Waals surface area (Å²) >= 11 is 3.36. The summed E-state index contributed by atoms with van der Waals surface area (Å²) in [5.74, 6) is 0.290. The van der Waals surface area contributed by atoms with E-state index in [0.29, 0.717) is 6.04 Å². The highest BCUT2D eigenvalue weighted by atomic mass is 79.9. The van der Waals surface area contributed by atoms with Crippen molar-refractivity contribution in [2.75, 3.05) is 0 Å². The summed E-state index contributed by atoms with van der Waals surface area (Å²) in [6, 6.07) is 6.18. The number of piperidine rings is 1. The number of benzene rings is 1. The zero-order valence-electron chi connectivity index (χ0n) is 12.8. The fourth-order valence-electron chi connectivity index (χ4n) is 3.39. The number of hydrogen-bond donors (Lipinski definition) is 3. The van der Waals surface area contributed by atoms with Gasteiger partial charge in [-0.25, -0.2) is 0 Å². The maximum atomic E-state index is 9.52. The van der Waals surface area contributed by atoms with E-state index in [1.807, 2.05) is 12.1 Å². The van der Waals surface area contributed by atoms with E-state index in [0.717, 1.165) is 23.9 Å². The van der Waals surface area contributed by atoms with Crippen LogP contribution in [0.15, 0.2) is 22.7 Å². The Morgan fingerprint density at radius 3 is 2.40 bits per heavy atom. The number of phenolic OH excluding ortho intramolecular Hbond substituents is 1. The SMILES string of the molecule is CC1(C)CC(NCc2ccc(O)c(Br)c2)CC(C)(C)N1. The Hall–Kier alpha value is -0.580. The fraction of sp³-hybridized carbons (Fsp3) is 0.625. The molecule has 4 heteroatoms. The summed E-state index contributed by atoms with van der Waals surface area (Å²) in [4.78, 5) is 0. The molecule has 1 heterocycles. The summed E-state index contributed by atoms with van der Waals surface area (Å²) < 4.78 is 0.753. The van der Waals surface area contributed by atoms with Gasteiger partial charge in [-0.3, -0.25) is 0 Å². The molecule has 1 aliphatic rings. The Morgan fingerprint density at radius 1 is 1.25 bits per heavy atom. The van der Waals surface area contributed by atoms with Crippen LogP contribution in [0, 0.1) is 0 Å². The van der Waals surface area contributed by atoms with Gasteiger partial charge in [0.2, 0.25) is 0 Å². The molecule has 0 bridgehead atoms. The Bertz CT molecular complexity index is 469. The molecule has 0 radical (unpaired) electrons. The van der Waals surface area contributed by atoms with Crippen molar-refractivity contribution in [1.29, 1.82) is 0 Å².